The number of sulfonamides is 1. The molecular weight excluding hydrogens is 464 g/mol. The summed E-state index contributed by atoms with van der Waals surface area (Å²) >= 11 is 1.33. The molecule has 8 nitrogen and oxygen atoms in total. The number of primary sulfonamides is 1. The van der Waals surface area contributed by atoms with Crippen LogP contribution in [0.4, 0.5) is 5.69 Å². The number of carbonyl (C=O) groups excluding carboxylic acids is 2. The average molecular weight is 485 g/mol. The minimum atomic E-state index is -3.92. The molecule has 1 unspecified atom stereocenters. The zero-order valence-electron chi connectivity index (χ0n) is 17.7. The molecule has 1 amide bonds. The number of benzene rings is 2. The first-order valence-corrected chi connectivity index (χ1v) is 12.2. The molecule has 1 saturated heterocycles. The Morgan fingerprint density at radius 1 is 1.12 bits per heavy atom. The van der Waals surface area contributed by atoms with Crippen LogP contribution in [-0.4, -0.2) is 32.3 Å². The largest absolute Gasteiger partial charge is 0.507 e. The molecule has 0 spiro atoms. The van der Waals surface area contributed by atoms with E-state index in [1.54, 1.807) is 42.6 Å². The highest BCUT2D eigenvalue weighted by molar-refractivity contribution is 7.89. The number of hydrogen-bond donors (Lipinski definition) is 2. The molecule has 10 heteroatoms. The number of methoxy groups -OCH3 is 1. The quantitative estimate of drug-likeness (QED) is 0.325. The third kappa shape index (κ3) is 4.04. The molecule has 0 bridgehead atoms. The maximum Gasteiger partial charge on any atom is 0.300 e. The number of ether oxygens (including phenoxy) is 1. The van der Waals surface area contributed by atoms with Gasteiger partial charge < -0.3 is 9.84 Å². The Balaban J connectivity index is 1.88. The molecule has 1 aliphatic rings. The summed E-state index contributed by atoms with van der Waals surface area (Å²) in [6, 6.07) is 13.0. The second kappa shape index (κ2) is 8.47. The number of hydrogen-bond acceptors (Lipinski definition) is 7. The van der Waals surface area contributed by atoms with Gasteiger partial charge in [-0.05, 0) is 66.4 Å². The summed E-state index contributed by atoms with van der Waals surface area (Å²) in [5.74, 6) is -1.35. The number of Topliss-reactive ketones (excluding diaryl/α,β-unsaturated/α-hetero) is 1. The van der Waals surface area contributed by atoms with Gasteiger partial charge in [-0.2, -0.15) is 0 Å². The van der Waals surface area contributed by atoms with E-state index in [0.29, 0.717) is 21.9 Å². The number of nitrogens with two attached hydrogens (primary N) is 1. The van der Waals surface area contributed by atoms with Crippen LogP contribution in [0.15, 0.2) is 70.4 Å². The standard InChI is InChI=1S/C23H20N2O6S2/c1-13-12-14(5-10-17(13)31-2)21(26)19-20(18-4-3-11-32-18)25(23(28)22(19)27)15-6-8-16(9-7-15)33(24,29)30/h3-12,20,26H,1-2H3,(H2,24,29,30)/b21-19-. The van der Waals surface area contributed by atoms with E-state index in [2.05, 4.69) is 0 Å². The molecule has 1 atom stereocenters. The molecule has 0 aliphatic carbocycles. The summed E-state index contributed by atoms with van der Waals surface area (Å²) < 4.78 is 28.5. The number of aryl methyl sites for hydroxylation is 1. The van der Waals surface area contributed by atoms with Crippen molar-refractivity contribution in [3.05, 3.63) is 81.6 Å². The number of aliphatic hydroxyl groups excluding tert-OH is 1. The summed E-state index contributed by atoms with van der Waals surface area (Å²) in [4.78, 5) is 28.0. The summed E-state index contributed by atoms with van der Waals surface area (Å²) in [6.45, 7) is 1.80. The summed E-state index contributed by atoms with van der Waals surface area (Å²) in [5, 5.41) is 18.1. The Morgan fingerprint density at radius 3 is 2.36 bits per heavy atom. The Labute approximate surface area is 194 Å². The van der Waals surface area contributed by atoms with Crippen molar-refractivity contribution in [2.45, 2.75) is 17.9 Å². The van der Waals surface area contributed by atoms with Crippen LogP contribution in [-0.2, 0) is 19.6 Å². The maximum absolute atomic E-state index is 13.1. The lowest BCUT2D eigenvalue weighted by Gasteiger charge is -2.24. The van der Waals surface area contributed by atoms with Gasteiger partial charge in [0.05, 0.1) is 17.6 Å². The van der Waals surface area contributed by atoms with Gasteiger partial charge in [0, 0.05) is 16.1 Å². The number of amides is 1. The van der Waals surface area contributed by atoms with Crippen molar-refractivity contribution in [2.75, 3.05) is 12.0 Å². The number of carbonyl (C=O) groups is 2. The van der Waals surface area contributed by atoms with Crippen molar-refractivity contribution < 1.29 is 27.9 Å². The minimum absolute atomic E-state index is 0.0532. The molecule has 1 fully saturated rings. The van der Waals surface area contributed by atoms with Crippen LogP contribution in [0.1, 0.15) is 22.0 Å². The monoisotopic (exact) mass is 484 g/mol. The van der Waals surface area contributed by atoms with Gasteiger partial charge in [-0.1, -0.05) is 6.07 Å². The van der Waals surface area contributed by atoms with Gasteiger partial charge >= 0.3 is 0 Å². The van der Waals surface area contributed by atoms with Crippen LogP contribution < -0.4 is 14.8 Å². The van der Waals surface area contributed by atoms with Gasteiger partial charge in [-0.15, -0.1) is 11.3 Å². The number of ketones is 1. The van der Waals surface area contributed by atoms with Crippen molar-refractivity contribution in [2.24, 2.45) is 5.14 Å². The van der Waals surface area contributed by atoms with E-state index in [9.17, 15) is 23.1 Å². The number of thiophene rings is 1. The fourth-order valence-corrected chi connectivity index (χ4v) is 5.13. The molecule has 2 heterocycles. The predicted octanol–water partition coefficient (Wildman–Crippen LogP) is 3.34. The molecular formula is C23H20N2O6S2. The first-order chi connectivity index (χ1) is 15.6. The van der Waals surface area contributed by atoms with Crippen LogP contribution in [0.3, 0.4) is 0 Å². The SMILES string of the molecule is COc1ccc(/C(O)=C2/C(=O)C(=O)N(c3ccc(S(N)(=O)=O)cc3)C2c2cccs2)cc1C. The van der Waals surface area contributed by atoms with Gasteiger partial charge in [-0.25, -0.2) is 13.6 Å². The number of anilines is 1. The Bertz CT molecular complexity index is 1380. The van der Waals surface area contributed by atoms with Crippen molar-refractivity contribution in [3.63, 3.8) is 0 Å². The normalized spacial score (nSPS) is 18.0. The Morgan fingerprint density at radius 2 is 1.82 bits per heavy atom. The first-order valence-electron chi connectivity index (χ1n) is 9.75. The smallest absolute Gasteiger partial charge is 0.300 e. The Hall–Kier alpha value is -3.47. The lowest BCUT2D eigenvalue weighted by Crippen LogP contribution is -2.29. The maximum atomic E-state index is 13.1. The van der Waals surface area contributed by atoms with E-state index in [4.69, 9.17) is 9.88 Å². The highest BCUT2D eigenvalue weighted by Gasteiger charge is 2.47. The van der Waals surface area contributed by atoms with Gasteiger partial charge in [0.2, 0.25) is 10.0 Å². The lowest BCUT2D eigenvalue weighted by atomic mass is 9.98. The highest BCUT2D eigenvalue weighted by atomic mass is 32.2. The molecule has 33 heavy (non-hydrogen) atoms. The van der Waals surface area contributed by atoms with E-state index in [-0.39, 0.29) is 16.2 Å². The van der Waals surface area contributed by atoms with Crippen LogP contribution in [0.2, 0.25) is 0 Å². The van der Waals surface area contributed by atoms with E-state index in [1.165, 1.54) is 47.6 Å². The second-order valence-corrected chi connectivity index (χ2v) is 9.95. The molecule has 0 saturated carbocycles. The fourth-order valence-electron chi connectivity index (χ4n) is 3.79. The molecule has 2 aromatic carbocycles. The zero-order chi connectivity index (χ0) is 23.9. The summed E-state index contributed by atoms with van der Waals surface area (Å²) in [5.41, 5.74) is 1.37. The first kappa shape index (κ1) is 22.7. The molecule has 3 aromatic rings. The van der Waals surface area contributed by atoms with Crippen LogP contribution in [0.5, 0.6) is 5.75 Å². The molecule has 1 aromatic heterocycles. The fraction of sp³-hybridized carbons (Fsp3) is 0.130. The third-order valence-electron chi connectivity index (χ3n) is 5.37. The van der Waals surface area contributed by atoms with E-state index >= 15 is 0 Å². The molecule has 1 aliphatic heterocycles. The molecule has 4 rings (SSSR count). The van der Waals surface area contributed by atoms with Crippen LogP contribution in [0, 0.1) is 6.92 Å². The average Bonchev–Trinajstić information content (AvgIpc) is 3.40. The summed E-state index contributed by atoms with van der Waals surface area (Å²) in [6.07, 6.45) is 0. The zero-order valence-corrected chi connectivity index (χ0v) is 19.3. The van der Waals surface area contributed by atoms with E-state index in [0.717, 1.165) is 5.56 Å². The molecule has 170 valence electrons. The van der Waals surface area contributed by atoms with Crippen LogP contribution >= 0.6 is 11.3 Å². The van der Waals surface area contributed by atoms with Crippen molar-refractivity contribution in [3.8, 4) is 5.75 Å². The highest BCUT2D eigenvalue weighted by Crippen LogP contribution is 2.43. The van der Waals surface area contributed by atoms with Gasteiger partial charge in [0.1, 0.15) is 17.6 Å². The summed E-state index contributed by atoms with van der Waals surface area (Å²) in [7, 11) is -2.39. The van der Waals surface area contributed by atoms with Crippen molar-refractivity contribution >= 4 is 44.5 Å². The van der Waals surface area contributed by atoms with Gasteiger partial charge in [0.15, 0.2) is 0 Å². The predicted molar refractivity (Wildman–Crippen MR) is 125 cm³/mol. The number of aliphatic hydroxyl groups is 1. The second-order valence-electron chi connectivity index (χ2n) is 7.41. The number of rotatable bonds is 5. The minimum Gasteiger partial charge on any atom is -0.507 e. The van der Waals surface area contributed by atoms with E-state index in [1.807, 2.05) is 0 Å². The number of nitrogens with zero attached hydrogens (tertiary/aromatic N) is 1. The van der Waals surface area contributed by atoms with Crippen molar-refractivity contribution in [1.29, 1.82) is 0 Å². The third-order valence-corrected chi connectivity index (χ3v) is 7.22. The molecule has 3 N–H and O–H groups in total. The van der Waals surface area contributed by atoms with Gasteiger partial charge in [-0.3, -0.25) is 14.5 Å². The topological polar surface area (TPSA) is 127 Å². The lowest BCUT2D eigenvalue weighted by molar-refractivity contribution is -0.132. The van der Waals surface area contributed by atoms with Gasteiger partial charge in [0.25, 0.3) is 11.7 Å². The van der Waals surface area contributed by atoms with Crippen molar-refractivity contribution in [1.82, 2.24) is 0 Å². The molecule has 0 radical (unpaired) electrons. The Kier molecular flexibility index (Phi) is 5.83. The van der Waals surface area contributed by atoms with Crippen LogP contribution in [0.25, 0.3) is 5.76 Å². The van der Waals surface area contributed by atoms with E-state index < -0.39 is 27.8 Å².